The molecule has 0 aliphatic heterocycles. The molecule has 0 aliphatic rings. The molecule has 0 radical (unpaired) electrons. The molecule has 0 fully saturated rings. The van der Waals surface area contributed by atoms with E-state index in [2.05, 4.69) is 24.5 Å². The summed E-state index contributed by atoms with van der Waals surface area (Å²) < 4.78 is 5.69. The Morgan fingerprint density at radius 3 is 2.48 bits per heavy atom. The van der Waals surface area contributed by atoms with Crippen LogP contribution in [-0.4, -0.2) is 44.0 Å². The summed E-state index contributed by atoms with van der Waals surface area (Å²) >= 11 is 0. The Morgan fingerprint density at radius 1 is 1.03 bits per heavy atom. The van der Waals surface area contributed by atoms with Crippen molar-refractivity contribution < 1.29 is 14.3 Å². The van der Waals surface area contributed by atoms with Crippen LogP contribution in [0.25, 0.3) is 0 Å². The minimum Gasteiger partial charge on any atom is -0.493 e. The standard InChI is InChI=1S/C23H31N3O3/c1-17(2)16-29-21-10-6-9-20(14-21)25-22(27)15-24-19-8-5-7-18(13-19)11-12-23(28)26(3)4/h5-10,13-14,17,24H,11-12,15-16H2,1-4H3,(H,25,27). The highest BCUT2D eigenvalue weighted by molar-refractivity contribution is 5.93. The number of hydrogen-bond acceptors (Lipinski definition) is 4. The van der Waals surface area contributed by atoms with E-state index in [1.807, 2.05) is 48.5 Å². The molecule has 2 rings (SSSR count). The molecule has 0 saturated heterocycles. The zero-order valence-corrected chi connectivity index (χ0v) is 17.7. The monoisotopic (exact) mass is 397 g/mol. The largest absolute Gasteiger partial charge is 0.493 e. The molecule has 0 unspecified atom stereocenters. The van der Waals surface area contributed by atoms with Gasteiger partial charge in [0.05, 0.1) is 13.2 Å². The maximum absolute atomic E-state index is 12.3. The molecular weight excluding hydrogens is 366 g/mol. The molecule has 156 valence electrons. The Bertz CT molecular complexity index is 819. The Morgan fingerprint density at radius 2 is 1.76 bits per heavy atom. The molecule has 0 aromatic heterocycles. The molecule has 0 atom stereocenters. The van der Waals surface area contributed by atoms with Crippen molar-refractivity contribution in [1.82, 2.24) is 4.90 Å². The fourth-order valence-corrected chi connectivity index (χ4v) is 2.63. The van der Waals surface area contributed by atoms with E-state index in [1.54, 1.807) is 19.0 Å². The van der Waals surface area contributed by atoms with Crippen LogP contribution in [0.15, 0.2) is 48.5 Å². The smallest absolute Gasteiger partial charge is 0.243 e. The molecular formula is C23H31N3O3. The second-order valence-corrected chi connectivity index (χ2v) is 7.62. The summed E-state index contributed by atoms with van der Waals surface area (Å²) in [5.41, 5.74) is 2.61. The van der Waals surface area contributed by atoms with Gasteiger partial charge in [0.25, 0.3) is 0 Å². The third-order valence-corrected chi connectivity index (χ3v) is 4.21. The highest BCUT2D eigenvalue weighted by Gasteiger charge is 2.07. The van der Waals surface area contributed by atoms with Crippen LogP contribution in [-0.2, 0) is 16.0 Å². The fourth-order valence-electron chi connectivity index (χ4n) is 2.63. The first-order valence-corrected chi connectivity index (χ1v) is 9.89. The SMILES string of the molecule is CC(C)COc1cccc(NC(=O)CNc2cccc(CCC(=O)N(C)C)c2)c1. The van der Waals surface area contributed by atoms with Gasteiger partial charge in [0.2, 0.25) is 11.8 Å². The summed E-state index contributed by atoms with van der Waals surface area (Å²) in [4.78, 5) is 25.6. The number of aryl methyl sites for hydroxylation is 1. The lowest BCUT2D eigenvalue weighted by atomic mass is 10.1. The van der Waals surface area contributed by atoms with Crippen molar-refractivity contribution in [2.75, 3.05) is 37.9 Å². The zero-order valence-electron chi connectivity index (χ0n) is 17.7. The molecule has 2 amide bonds. The van der Waals surface area contributed by atoms with Crippen molar-refractivity contribution in [2.24, 2.45) is 5.92 Å². The summed E-state index contributed by atoms with van der Waals surface area (Å²) in [7, 11) is 3.51. The van der Waals surface area contributed by atoms with Crippen LogP contribution in [0.4, 0.5) is 11.4 Å². The van der Waals surface area contributed by atoms with Gasteiger partial charge in [-0.3, -0.25) is 9.59 Å². The lowest BCUT2D eigenvalue weighted by molar-refractivity contribution is -0.128. The predicted molar refractivity (Wildman–Crippen MR) is 117 cm³/mol. The minimum absolute atomic E-state index is 0.0994. The van der Waals surface area contributed by atoms with Gasteiger partial charge in [0.1, 0.15) is 5.75 Å². The maximum atomic E-state index is 12.3. The Hall–Kier alpha value is -3.02. The number of ether oxygens (including phenoxy) is 1. The normalized spacial score (nSPS) is 10.5. The van der Waals surface area contributed by atoms with Crippen molar-refractivity contribution in [3.63, 3.8) is 0 Å². The van der Waals surface area contributed by atoms with E-state index in [1.165, 1.54) is 0 Å². The average Bonchev–Trinajstić information content (AvgIpc) is 2.69. The van der Waals surface area contributed by atoms with Crippen molar-refractivity contribution >= 4 is 23.2 Å². The van der Waals surface area contributed by atoms with Gasteiger partial charge in [-0.15, -0.1) is 0 Å². The third kappa shape index (κ3) is 8.25. The highest BCUT2D eigenvalue weighted by atomic mass is 16.5. The van der Waals surface area contributed by atoms with Crippen LogP contribution in [0.3, 0.4) is 0 Å². The van der Waals surface area contributed by atoms with Gasteiger partial charge in [-0.2, -0.15) is 0 Å². The van der Waals surface area contributed by atoms with E-state index < -0.39 is 0 Å². The second kappa shape index (κ2) is 11.1. The van der Waals surface area contributed by atoms with Gasteiger partial charge in [0.15, 0.2) is 0 Å². The predicted octanol–water partition coefficient (Wildman–Crippen LogP) is 3.79. The molecule has 0 heterocycles. The Kier molecular flexibility index (Phi) is 8.52. The van der Waals surface area contributed by atoms with Crippen LogP contribution in [0.2, 0.25) is 0 Å². The number of carbonyl (C=O) groups is 2. The van der Waals surface area contributed by atoms with Gasteiger partial charge < -0.3 is 20.3 Å². The first kappa shape index (κ1) is 22.3. The molecule has 6 heteroatoms. The number of anilines is 2. The van der Waals surface area contributed by atoms with Crippen LogP contribution in [0.1, 0.15) is 25.8 Å². The molecule has 2 N–H and O–H groups in total. The van der Waals surface area contributed by atoms with Crippen molar-refractivity contribution in [1.29, 1.82) is 0 Å². The average molecular weight is 398 g/mol. The zero-order chi connectivity index (χ0) is 21.2. The lowest BCUT2D eigenvalue weighted by Crippen LogP contribution is -2.22. The summed E-state index contributed by atoms with van der Waals surface area (Å²) in [5.74, 6) is 1.14. The first-order chi connectivity index (χ1) is 13.8. The van der Waals surface area contributed by atoms with E-state index in [0.29, 0.717) is 31.1 Å². The molecule has 2 aromatic rings. The maximum Gasteiger partial charge on any atom is 0.243 e. The quantitative estimate of drug-likeness (QED) is 0.640. The molecule has 0 spiro atoms. The first-order valence-electron chi connectivity index (χ1n) is 9.89. The molecule has 2 aromatic carbocycles. The summed E-state index contributed by atoms with van der Waals surface area (Å²) in [6, 6.07) is 15.2. The molecule has 6 nitrogen and oxygen atoms in total. The number of hydrogen-bond donors (Lipinski definition) is 2. The number of rotatable bonds is 10. The van der Waals surface area contributed by atoms with Crippen LogP contribution >= 0.6 is 0 Å². The van der Waals surface area contributed by atoms with E-state index in [0.717, 1.165) is 17.0 Å². The summed E-state index contributed by atoms with van der Waals surface area (Å²) in [6.07, 6.45) is 1.13. The fraction of sp³-hybridized carbons (Fsp3) is 0.391. The van der Waals surface area contributed by atoms with E-state index in [4.69, 9.17) is 4.74 Å². The van der Waals surface area contributed by atoms with Crippen LogP contribution in [0.5, 0.6) is 5.75 Å². The number of nitrogens with zero attached hydrogens (tertiary/aromatic N) is 1. The number of nitrogens with one attached hydrogen (secondary N) is 2. The minimum atomic E-state index is -0.140. The van der Waals surface area contributed by atoms with E-state index >= 15 is 0 Å². The molecule has 0 saturated carbocycles. The summed E-state index contributed by atoms with van der Waals surface area (Å²) in [6.45, 7) is 4.96. The van der Waals surface area contributed by atoms with Gasteiger partial charge in [-0.05, 0) is 42.2 Å². The van der Waals surface area contributed by atoms with E-state index in [-0.39, 0.29) is 18.4 Å². The second-order valence-electron chi connectivity index (χ2n) is 7.62. The van der Waals surface area contributed by atoms with Crippen molar-refractivity contribution in [3.05, 3.63) is 54.1 Å². The Balaban J connectivity index is 1.84. The molecule has 0 bridgehead atoms. The van der Waals surface area contributed by atoms with Gasteiger partial charge in [-0.1, -0.05) is 32.0 Å². The Labute approximate surface area is 173 Å². The molecule has 0 aliphatic carbocycles. The highest BCUT2D eigenvalue weighted by Crippen LogP contribution is 2.18. The molecule has 29 heavy (non-hydrogen) atoms. The van der Waals surface area contributed by atoms with Gasteiger partial charge >= 0.3 is 0 Å². The number of benzene rings is 2. The van der Waals surface area contributed by atoms with Crippen LogP contribution < -0.4 is 15.4 Å². The summed E-state index contributed by atoms with van der Waals surface area (Å²) in [5, 5.41) is 6.01. The van der Waals surface area contributed by atoms with Gasteiger partial charge in [0, 0.05) is 38.0 Å². The third-order valence-electron chi connectivity index (χ3n) is 4.21. The van der Waals surface area contributed by atoms with Gasteiger partial charge in [-0.25, -0.2) is 0 Å². The van der Waals surface area contributed by atoms with Crippen molar-refractivity contribution in [3.8, 4) is 5.75 Å². The number of amides is 2. The number of carbonyl (C=O) groups excluding carboxylic acids is 2. The lowest BCUT2D eigenvalue weighted by Gasteiger charge is -2.12. The van der Waals surface area contributed by atoms with Crippen molar-refractivity contribution in [2.45, 2.75) is 26.7 Å². The van der Waals surface area contributed by atoms with Crippen LogP contribution in [0, 0.1) is 5.92 Å². The van der Waals surface area contributed by atoms with E-state index in [9.17, 15) is 9.59 Å². The topological polar surface area (TPSA) is 70.7 Å².